The zero-order chi connectivity index (χ0) is 22.0. The third-order valence-electron chi connectivity index (χ3n) is 5.15. The molecule has 2 aromatic heterocycles. The molecule has 0 saturated carbocycles. The number of esters is 1. The van der Waals surface area contributed by atoms with Gasteiger partial charge in [-0.15, -0.1) is 0 Å². The molecule has 7 heteroatoms. The van der Waals surface area contributed by atoms with Crippen LogP contribution in [0.5, 0.6) is 0 Å². The molecule has 0 amide bonds. The van der Waals surface area contributed by atoms with Crippen molar-refractivity contribution in [3.63, 3.8) is 0 Å². The fourth-order valence-corrected chi connectivity index (χ4v) is 3.70. The Morgan fingerprint density at radius 3 is 2.65 bits per heavy atom. The number of halogens is 1. The molecule has 160 valence electrons. The minimum absolute atomic E-state index is 0.0139. The van der Waals surface area contributed by atoms with Crippen molar-refractivity contribution in [2.45, 2.75) is 44.8 Å². The number of rotatable bonds is 5. The third-order valence-corrected chi connectivity index (χ3v) is 5.15. The lowest BCUT2D eigenvalue weighted by molar-refractivity contribution is -0.156. The lowest BCUT2D eigenvalue weighted by Crippen LogP contribution is -2.31. The van der Waals surface area contributed by atoms with Gasteiger partial charge in [-0.3, -0.25) is 4.79 Å². The quantitative estimate of drug-likeness (QED) is 0.623. The zero-order valence-corrected chi connectivity index (χ0v) is 17.4. The second kappa shape index (κ2) is 8.81. The Kier molecular flexibility index (Phi) is 5.95. The molecular weight excluding hydrogens is 397 g/mol. The van der Waals surface area contributed by atoms with Gasteiger partial charge in [-0.25, -0.2) is 14.1 Å². The molecule has 1 aliphatic heterocycles. The van der Waals surface area contributed by atoms with Gasteiger partial charge in [0.15, 0.2) is 5.82 Å². The number of carbonyl (C=O) groups is 1. The van der Waals surface area contributed by atoms with Crippen LogP contribution in [0.1, 0.15) is 43.9 Å². The molecule has 0 radical (unpaired) electrons. The van der Waals surface area contributed by atoms with E-state index in [2.05, 4.69) is 4.98 Å². The first-order chi connectivity index (χ1) is 14.9. The second-order valence-electron chi connectivity index (χ2n) is 7.89. The minimum atomic E-state index is -0.715. The summed E-state index contributed by atoms with van der Waals surface area (Å²) in [5.74, 6) is 0.00329. The normalized spacial score (nSPS) is 19.2. The van der Waals surface area contributed by atoms with Crippen LogP contribution in [0.4, 0.5) is 4.39 Å². The maximum absolute atomic E-state index is 13.6. The van der Waals surface area contributed by atoms with Gasteiger partial charge in [-0.2, -0.15) is 5.10 Å². The minimum Gasteiger partial charge on any atom is -0.458 e. The number of aromatic nitrogens is 3. The van der Waals surface area contributed by atoms with Gasteiger partial charge in [-0.1, -0.05) is 26.0 Å². The number of ether oxygens (including phenoxy) is 1. The summed E-state index contributed by atoms with van der Waals surface area (Å²) in [5.41, 5.74) is 3.22. The monoisotopic (exact) mass is 421 g/mol. The number of hydrogen-bond donors (Lipinski definition) is 1. The largest absolute Gasteiger partial charge is 0.458 e. The first-order valence-electron chi connectivity index (χ1n) is 10.3. The van der Waals surface area contributed by atoms with Crippen LogP contribution in [0, 0.1) is 5.82 Å². The number of nitrogens with zero attached hydrogens (tertiary/aromatic N) is 3. The van der Waals surface area contributed by atoms with Crippen molar-refractivity contribution in [2.75, 3.05) is 0 Å². The van der Waals surface area contributed by atoms with E-state index in [0.29, 0.717) is 12.2 Å². The SMILES string of the molecule is CC(C)c1nn(-c2ccccn2)c(-c2ccc(F)cc2)c1/C=C/[C@H]1C[C@H](O)CC(=O)O1. The molecule has 1 aromatic carbocycles. The van der Waals surface area contributed by atoms with Gasteiger partial charge in [0.2, 0.25) is 0 Å². The fraction of sp³-hybridized carbons (Fsp3) is 0.292. The average molecular weight is 421 g/mol. The van der Waals surface area contributed by atoms with E-state index in [1.807, 2.05) is 38.1 Å². The van der Waals surface area contributed by atoms with E-state index in [9.17, 15) is 14.3 Å². The highest BCUT2D eigenvalue weighted by Crippen LogP contribution is 2.33. The van der Waals surface area contributed by atoms with E-state index >= 15 is 0 Å². The van der Waals surface area contributed by atoms with Gasteiger partial charge in [0.05, 0.1) is 23.9 Å². The van der Waals surface area contributed by atoms with Crippen LogP contribution in [0.3, 0.4) is 0 Å². The average Bonchev–Trinajstić information content (AvgIpc) is 3.12. The first-order valence-corrected chi connectivity index (χ1v) is 10.3. The molecule has 0 unspecified atom stereocenters. The molecule has 0 bridgehead atoms. The van der Waals surface area contributed by atoms with Crippen molar-refractivity contribution in [1.29, 1.82) is 0 Å². The number of aliphatic hydroxyl groups excluding tert-OH is 1. The summed E-state index contributed by atoms with van der Waals surface area (Å²) < 4.78 is 20.7. The Morgan fingerprint density at radius 1 is 1.23 bits per heavy atom. The smallest absolute Gasteiger partial charge is 0.309 e. The fourth-order valence-electron chi connectivity index (χ4n) is 3.70. The van der Waals surface area contributed by atoms with E-state index < -0.39 is 18.2 Å². The Labute approximate surface area is 180 Å². The maximum Gasteiger partial charge on any atom is 0.309 e. The third kappa shape index (κ3) is 4.56. The Balaban J connectivity index is 1.86. The number of pyridine rings is 1. The summed E-state index contributed by atoms with van der Waals surface area (Å²) in [7, 11) is 0. The van der Waals surface area contributed by atoms with Crippen molar-refractivity contribution >= 4 is 12.0 Å². The van der Waals surface area contributed by atoms with Gasteiger partial charge in [0.1, 0.15) is 11.9 Å². The summed E-state index contributed by atoms with van der Waals surface area (Å²) in [6.07, 6.45) is 4.47. The molecule has 3 heterocycles. The Hall–Kier alpha value is -3.32. The van der Waals surface area contributed by atoms with Crippen molar-refractivity contribution in [1.82, 2.24) is 14.8 Å². The van der Waals surface area contributed by atoms with E-state index in [1.165, 1.54) is 12.1 Å². The van der Waals surface area contributed by atoms with E-state index in [4.69, 9.17) is 9.84 Å². The van der Waals surface area contributed by atoms with E-state index in [0.717, 1.165) is 22.5 Å². The van der Waals surface area contributed by atoms with E-state index in [-0.39, 0.29) is 18.2 Å². The molecule has 31 heavy (non-hydrogen) atoms. The van der Waals surface area contributed by atoms with Crippen LogP contribution in [-0.4, -0.2) is 38.0 Å². The van der Waals surface area contributed by atoms with Crippen LogP contribution < -0.4 is 0 Å². The summed E-state index contributed by atoms with van der Waals surface area (Å²) in [4.78, 5) is 16.1. The molecule has 0 spiro atoms. The standard InChI is InChI=1S/C24H24FN3O3/c1-15(2)23-20(11-10-19-13-18(29)14-22(30)31-19)24(16-6-8-17(25)9-7-16)28(27-23)21-5-3-4-12-26-21/h3-12,15,18-19,29H,13-14H2,1-2H3/b11-10+/t18-,19-/m0/s1. The maximum atomic E-state index is 13.6. The lowest BCUT2D eigenvalue weighted by atomic mass is 9.98. The highest BCUT2D eigenvalue weighted by atomic mass is 19.1. The molecule has 0 aliphatic carbocycles. The number of benzene rings is 1. The molecule has 3 aromatic rings. The van der Waals surface area contributed by atoms with Gasteiger partial charge in [0.25, 0.3) is 0 Å². The molecule has 2 atom stereocenters. The Morgan fingerprint density at radius 2 is 2.00 bits per heavy atom. The lowest BCUT2D eigenvalue weighted by Gasteiger charge is -2.23. The topological polar surface area (TPSA) is 77.2 Å². The summed E-state index contributed by atoms with van der Waals surface area (Å²) in [5, 5.41) is 14.7. The van der Waals surface area contributed by atoms with Crippen molar-refractivity contribution in [3.05, 3.63) is 71.8 Å². The summed E-state index contributed by atoms with van der Waals surface area (Å²) in [6, 6.07) is 11.8. The molecule has 1 saturated heterocycles. The van der Waals surface area contributed by atoms with Gasteiger partial charge in [-0.05, 0) is 48.4 Å². The molecular formula is C24H24FN3O3. The first kappa shape index (κ1) is 20.9. The predicted octanol–water partition coefficient (Wildman–Crippen LogP) is 4.28. The zero-order valence-electron chi connectivity index (χ0n) is 17.4. The number of hydrogen-bond acceptors (Lipinski definition) is 5. The Bertz CT molecular complexity index is 1090. The van der Waals surface area contributed by atoms with Gasteiger partial charge < -0.3 is 9.84 Å². The van der Waals surface area contributed by atoms with Crippen molar-refractivity contribution in [3.8, 4) is 17.1 Å². The number of carbonyl (C=O) groups excluding carboxylic acids is 1. The summed E-state index contributed by atoms with van der Waals surface area (Å²) >= 11 is 0. The molecule has 1 aliphatic rings. The highest BCUT2D eigenvalue weighted by Gasteiger charge is 2.26. The van der Waals surface area contributed by atoms with E-state index in [1.54, 1.807) is 29.1 Å². The summed E-state index contributed by atoms with van der Waals surface area (Å²) in [6.45, 7) is 4.09. The van der Waals surface area contributed by atoms with Gasteiger partial charge in [0, 0.05) is 23.7 Å². The van der Waals surface area contributed by atoms with Crippen molar-refractivity contribution < 1.29 is 19.0 Å². The molecule has 1 fully saturated rings. The molecule has 1 N–H and O–H groups in total. The van der Waals surface area contributed by atoms with Crippen LogP contribution in [0.15, 0.2) is 54.7 Å². The molecule has 4 rings (SSSR count). The predicted molar refractivity (Wildman–Crippen MR) is 115 cm³/mol. The highest BCUT2D eigenvalue weighted by molar-refractivity contribution is 5.76. The molecule has 6 nitrogen and oxygen atoms in total. The van der Waals surface area contributed by atoms with Crippen LogP contribution in [0.2, 0.25) is 0 Å². The van der Waals surface area contributed by atoms with Crippen LogP contribution >= 0.6 is 0 Å². The van der Waals surface area contributed by atoms with Crippen molar-refractivity contribution in [2.24, 2.45) is 0 Å². The number of aliphatic hydroxyl groups is 1. The number of cyclic esters (lactones) is 1. The van der Waals surface area contributed by atoms with Crippen LogP contribution in [-0.2, 0) is 9.53 Å². The van der Waals surface area contributed by atoms with Gasteiger partial charge >= 0.3 is 5.97 Å². The van der Waals surface area contributed by atoms with Crippen LogP contribution in [0.25, 0.3) is 23.2 Å². The second-order valence-corrected chi connectivity index (χ2v) is 7.89.